The summed E-state index contributed by atoms with van der Waals surface area (Å²) >= 11 is 0. The zero-order valence-corrected chi connectivity index (χ0v) is 75.9. The topological polar surface area (TPSA) is 556 Å². The molecule has 0 aromatic heterocycles. The molecule has 756 valence electrons. The van der Waals surface area contributed by atoms with Gasteiger partial charge in [-0.2, -0.15) is 0 Å². The highest BCUT2D eigenvalue weighted by atomic mass is 16.8. The minimum Gasteiger partial charge on any atom is -0.462 e. The second-order valence-electron chi connectivity index (χ2n) is 21.4. The average Bonchev–Trinajstić information content (AvgIpc) is 1.02. The van der Waals surface area contributed by atoms with Gasteiger partial charge in [0.25, 0.3) is 0 Å². The largest absolute Gasteiger partial charge is 0.462 e. The Bertz CT molecular complexity index is 3220. The zero-order chi connectivity index (χ0) is 104. The van der Waals surface area contributed by atoms with Crippen molar-refractivity contribution in [3.05, 3.63) is 228 Å². The Hall–Kier alpha value is -14.6. The molecule has 0 bridgehead atoms. The molecule has 0 amide bonds. The summed E-state index contributed by atoms with van der Waals surface area (Å²) in [6.07, 6.45) is 20.8. The van der Waals surface area contributed by atoms with Gasteiger partial charge in [-0.25, -0.2) is 86.3 Å². The average molecular weight is 1930 g/mol. The van der Waals surface area contributed by atoms with Crippen molar-refractivity contribution < 1.29 is 214 Å². The Labute approximate surface area is 784 Å². The predicted octanol–water partition coefficient (Wildman–Crippen LogP) is 5.20. The Kier molecular flexibility index (Phi) is 118. The van der Waals surface area contributed by atoms with Crippen LogP contribution in [0, 0.1) is 0 Å². The Morgan fingerprint density at radius 2 is 0.207 bits per heavy atom. The van der Waals surface area contributed by atoms with Crippen LogP contribution in [0.1, 0.15) is 19.3 Å². The fraction of sp³-hybridized carbons (Fsp3) is 0.400. The van der Waals surface area contributed by atoms with Crippen molar-refractivity contribution in [2.75, 3.05) is 219 Å². The highest BCUT2D eigenvalue weighted by molar-refractivity contribution is 5.87. The first-order valence-corrected chi connectivity index (χ1v) is 39.3. The first kappa shape index (κ1) is 138. The molecule has 0 unspecified atom stereocenters. The van der Waals surface area contributed by atoms with Crippen molar-refractivity contribution in [2.45, 2.75) is 19.3 Å². The molecule has 45 heteroatoms. The van der Waals surface area contributed by atoms with E-state index in [4.69, 9.17) is 56.8 Å². The Morgan fingerprint density at radius 1 is 0.111 bits per heavy atom. The van der Waals surface area contributed by atoms with Gasteiger partial charge in [-0.1, -0.05) is 118 Å². The van der Waals surface area contributed by atoms with Crippen LogP contribution in [0.4, 0.5) is 0 Å². The summed E-state index contributed by atoms with van der Waals surface area (Å²) in [5.74, 6) is -9.20. The third kappa shape index (κ3) is 133. The highest BCUT2D eigenvalue weighted by Gasteiger charge is 2.07. The summed E-state index contributed by atoms with van der Waals surface area (Å²) in [6.45, 7) is 65.2. The molecule has 135 heavy (non-hydrogen) atoms. The van der Waals surface area contributed by atoms with Crippen LogP contribution in [0.25, 0.3) is 0 Å². The van der Waals surface area contributed by atoms with Crippen LogP contribution in [0.5, 0.6) is 0 Å². The third-order valence-electron chi connectivity index (χ3n) is 11.6. The molecule has 0 heterocycles. The highest BCUT2D eigenvalue weighted by Crippen LogP contribution is 1.96. The van der Waals surface area contributed by atoms with Crippen molar-refractivity contribution in [1.82, 2.24) is 0 Å². The van der Waals surface area contributed by atoms with Crippen molar-refractivity contribution in [1.29, 1.82) is 0 Å². The van der Waals surface area contributed by atoms with Crippen LogP contribution < -0.4 is 0 Å². The van der Waals surface area contributed by atoms with E-state index in [9.17, 15) is 86.3 Å². The first-order chi connectivity index (χ1) is 64.8. The smallest absolute Gasteiger partial charge is 0.333 e. The van der Waals surface area contributed by atoms with E-state index in [0.29, 0.717) is 112 Å². The van der Waals surface area contributed by atoms with E-state index in [-0.39, 0.29) is 119 Å². The molecule has 0 aliphatic carbocycles. The summed E-state index contributed by atoms with van der Waals surface area (Å²) in [5.41, 5.74) is 0. The molecule has 45 nitrogen and oxygen atoms in total. The summed E-state index contributed by atoms with van der Waals surface area (Å²) in [5, 5.41) is 0. The van der Waals surface area contributed by atoms with E-state index in [1.165, 1.54) is 0 Å². The molecule has 0 atom stereocenters. The minimum atomic E-state index is -0.637. The fourth-order valence-electron chi connectivity index (χ4n) is 5.58. The van der Waals surface area contributed by atoms with E-state index < -0.39 is 114 Å². The van der Waals surface area contributed by atoms with E-state index in [2.05, 4.69) is 189 Å². The van der Waals surface area contributed by atoms with E-state index in [0.717, 1.165) is 109 Å². The van der Waals surface area contributed by atoms with Crippen molar-refractivity contribution in [2.24, 2.45) is 0 Å². The van der Waals surface area contributed by atoms with Gasteiger partial charge in [0.2, 0.25) is 6.79 Å². The van der Waals surface area contributed by atoms with Crippen LogP contribution in [0.3, 0.4) is 0 Å². The quantitative estimate of drug-likeness (QED) is 0.0248. The third-order valence-corrected chi connectivity index (χ3v) is 11.6. The molecule has 0 saturated carbocycles. The lowest BCUT2D eigenvalue weighted by Gasteiger charge is -2.07. The van der Waals surface area contributed by atoms with Gasteiger partial charge in [-0.05, 0) is 0 Å². The standard InChI is InChI=1S/C14H22O7.C12H18O6.C12H18O5.2C10H14O5.C9H12O4.C8H10O5.C8H10O4.C7H8O4/c1-3-13(15)20-11-9-18-7-5-17-6-8-19-10-12-21-14(16)4-2;1-3-11(13)17-9-7-15-5-6-16-8-10-18-12(14)4-2;1-3-11(13)16-9-5-7-15-8-6-10-17-12(14)4-2;2*1-3-9(11)14-7-5-13-6-8-15-10(12)4-2;1-3-8(10)12-6-5-7-13-9(11)4-2;1-3-7(9)12-5-11-6-13-8(10)4-2;1-3-7(9)11-5-6-12-8(10)4-2;1-3-6(8)10-5-11-7(9)4-2/h3-4H,1-2,5-12H2;3-4H,1-2,5-10H2;3-4H,1-2,5-10H2;2*3-4H,1-2,5-8H2;3-4H,1-2,5-7H2;3-4H,1-2,5-6H2;3-4H,1-2,5-6H2;3-4H,1-2,5H2. The summed E-state index contributed by atoms with van der Waals surface area (Å²) in [7, 11) is 0. The van der Waals surface area contributed by atoms with Gasteiger partial charge in [0.15, 0.2) is 13.6 Å². The maximum atomic E-state index is 10.7. The van der Waals surface area contributed by atoms with Crippen molar-refractivity contribution in [3.8, 4) is 0 Å². The maximum absolute atomic E-state index is 10.7. The number of esters is 18. The predicted molar refractivity (Wildman–Crippen MR) is 477 cm³/mol. The van der Waals surface area contributed by atoms with Gasteiger partial charge >= 0.3 is 107 Å². The molecule has 0 fully saturated rings. The number of rotatable bonds is 72. The molecule has 0 aromatic rings. The number of carbonyl (C=O) groups is 18. The summed E-state index contributed by atoms with van der Waals surface area (Å²) in [4.78, 5) is 189. The zero-order valence-electron chi connectivity index (χ0n) is 75.9. The van der Waals surface area contributed by atoms with Gasteiger partial charge < -0.3 is 128 Å². The maximum Gasteiger partial charge on any atom is 0.333 e. The summed E-state index contributed by atoms with van der Waals surface area (Å²) < 4.78 is 128. The number of hydrogen-bond donors (Lipinski definition) is 0. The molecule has 0 aliphatic heterocycles. The van der Waals surface area contributed by atoms with Gasteiger partial charge in [-0.3, -0.25) is 0 Å². The first-order valence-electron chi connectivity index (χ1n) is 39.3. The van der Waals surface area contributed by atoms with Crippen LogP contribution in [0.2, 0.25) is 0 Å². The molecule has 0 N–H and O–H groups in total. The van der Waals surface area contributed by atoms with Crippen LogP contribution in [0.15, 0.2) is 228 Å². The van der Waals surface area contributed by atoms with Gasteiger partial charge in [0, 0.05) is 142 Å². The minimum absolute atomic E-state index is 0.0322. The lowest BCUT2D eigenvalue weighted by atomic mass is 10.4. The summed E-state index contributed by atoms with van der Waals surface area (Å²) in [6, 6.07) is 0. The molecule has 0 aromatic carbocycles. The monoisotopic (exact) mass is 1930 g/mol. The molecule has 0 radical (unpaired) electrons. The number of ether oxygens (including phenoxy) is 27. The molecular weight excluding hydrogens is 1800 g/mol. The van der Waals surface area contributed by atoms with E-state index in [1.807, 2.05) is 0 Å². The second kappa shape index (κ2) is 115. The van der Waals surface area contributed by atoms with E-state index >= 15 is 0 Å². The van der Waals surface area contributed by atoms with Gasteiger partial charge in [-0.15, -0.1) is 0 Å². The lowest BCUT2D eigenvalue weighted by Crippen LogP contribution is -2.14. The molecular formula is C90H126O45. The van der Waals surface area contributed by atoms with Gasteiger partial charge in [0.05, 0.1) is 119 Å². The Balaban J connectivity index is -0.000000190. The second-order valence-corrected chi connectivity index (χ2v) is 21.4. The SMILES string of the molecule is C=CC(=O)OCCCOC(=O)C=C.C=CC(=O)OCCCOCCCOC(=O)C=C.C=CC(=O)OCCOC(=O)C=C.C=CC(=O)OCCOCCOC(=O)C=C.C=CC(=O)OCCOCCOC(=O)C=C.C=CC(=O)OCCOCCOCCOC(=O)C=C.C=CC(=O)OCCOCCOCCOCCOC(=O)C=C.C=CC(=O)OCOC(=O)C=C.C=CC(=O)OCOCOC(=O)C=C. The van der Waals surface area contributed by atoms with Crippen LogP contribution in [-0.4, -0.2) is 326 Å². The number of carbonyl (C=O) groups excluding carboxylic acids is 18. The molecule has 0 aliphatic rings. The van der Waals surface area contributed by atoms with Crippen LogP contribution >= 0.6 is 0 Å². The van der Waals surface area contributed by atoms with Crippen molar-refractivity contribution in [3.63, 3.8) is 0 Å². The normalized spacial score (nSPS) is 9.07. The molecule has 0 rings (SSSR count). The van der Waals surface area contributed by atoms with Gasteiger partial charge in [0.1, 0.15) is 66.1 Å². The Morgan fingerprint density at radius 3 is 0.348 bits per heavy atom. The van der Waals surface area contributed by atoms with Crippen molar-refractivity contribution >= 4 is 107 Å². The van der Waals surface area contributed by atoms with Crippen LogP contribution in [-0.2, 0) is 214 Å². The fourth-order valence-corrected chi connectivity index (χ4v) is 5.58. The molecule has 0 saturated heterocycles. The molecule has 0 spiro atoms. The lowest BCUT2D eigenvalue weighted by molar-refractivity contribution is -0.170. The number of hydrogen-bond acceptors (Lipinski definition) is 45. The van der Waals surface area contributed by atoms with E-state index in [1.54, 1.807) is 0 Å².